The molecule has 2 aromatic carbocycles. The van der Waals surface area contributed by atoms with E-state index < -0.39 is 0 Å². The van der Waals surface area contributed by atoms with Crippen molar-refractivity contribution in [3.63, 3.8) is 0 Å². The molecule has 1 aliphatic heterocycles. The number of benzene rings is 2. The minimum atomic E-state index is -0.263. The van der Waals surface area contributed by atoms with Gasteiger partial charge in [0.15, 0.2) is 0 Å². The summed E-state index contributed by atoms with van der Waals surface area (Å²) in [6.45, 7) is 3.64. The van der Waals surface area contributed by atoms with Gasteiger partial charge in [0.2, 0.25) is 5.91 Å². The number of carbonyl (C=O) groups excluding carboxylic acids is 1. The van der Waals surface area contributed by atoms with Crippen LogP contribution in [0.15, 0.2) is 47.8 Å². The number of halogens is 1. The summed E-state index contributed by atoms with van der Waals surface area (Å²) in [5.41, 5.74) is 2.91. The third-order valence-electron chi connectivity index (χ3n) is 5.94. The van der Waals surface area contributed by atoms with E-state index in [0.29, 0.717) is 37.6 Å². The van der Waals surface area contributed by atoms with Crippen molar-refractivity contribution in [3.05, 3.63) is 75.5 Å². The number of hydrogen-bond donors (Lipinski definition) is 1. The van der Waals surface area contributed by atoms with E-state index in [4.69, 9.17) is 9.47 Å². The fourth-order valence-corrected chi connectivity index (χ4v) is 4.89. The molecular weight excluding hydrogens is 441 g/mol. The Hall–Kier alpha value is -2.97. The second kappa shape index (κ2) is 10.3. The van der Waals surface area contributed by atoms with Crippen LogP contribution in [-0.4, -0.2) is 36.6 Å². The van der Waals surface area contributed by atoms with Crippen LogP contribution in [-0.2, 0) is 17.9 Å². The molecule has 0 saturated carbocycles. The molecule has 8 heteroatoms. The zero-order chi connectivity index (χ0) is 23.4. The van der Waals surface area contributed by atoms with Crippen molar-refractivity contribution in [1.29, 1.82) is 0 Å². The molecule has 6 nitrogen and oxygen atoms in total. The lowest BCUT2D eigenvalue weighted by Crippen LogP contribution is -2.32. The number of aromatic nitrogens is 1. The molecular formula is C25H28FN3O3S. The normalized spacial score (nSPS) is 18.3. The molecule has 4 rings (SSSR count). The van der Waals surface area contributed by atoms with Gasteiger partial charge in [-0.05, 0) is 48.7 Å². The lowest BCUT2D eigenvalue weighted by molar-refractivity contribution is -0.124. The molecule has 0 aliphatic carbocycles. The van der Waals surface area contributed by atoms with Crippen LogP contribution in [0.25, 0.3) is 0 Å². The number of hydrogen-bond acceptors (Lipinski definition) is 6. The Bertz CT molecular complexity index is 1080. The minimum Gasteiger partial charge on any atom is -0.497 e. The zero-order valence-corrected chi connectivity index (χ0v) is 19.8. The Morgan fingerprint density at radius 3 is 2.48 bits per heavy atom. The van der Waals surface area contributed by atoms with Gasteiger partial charge in [0.1, 0.15) is 17.3 Å². The number of methoxy groups -OCH3 is 2. The number of carbonyl (C=O) groups is 1. The van der Waals surface area contributed by atoms with Gasteiger partial charge in [-0.25, -0.2) is 9.37 Å². The fourth-order valence-electron chi connectivity index (χ4n) is 4.29. The van der Waals surface area contributed by atoms with Crippen LogP contribution in [0.1, 0.15) is 34.3 Å². The Labute approximate surface area is 197 Å². The molecule has 33 heavy (non-hydrogen) atoms. The van der Waals surface area contributed by atoms with Gasteiger partial charge in [0.25, 0.3) is 0 Å². The van der Waals surface area contributed by atoms with Crippen molar-refractivity contribution in [2.24, 2.45) is 5.92 Å². The molecule has 1 saturated heterocycles. The first-order valence-corrected chi connectivity index (χ1v) is 11.7. The van der Waals surface area contributed by atoms with Crippen LogP contribution in [0.2, 0.25) is 0 Å². The zero-order valence-electron chi connectivity index (χ0n) is 19.0. The van der Waals surface area contributed by atoms with Gasteiger partial charge in [0.05, 0.1) is 30.8 Å². The van der Waals surface area contributed by atoms with E-state index >= 15 is 0 Å². The number of amides is 1. The quantitative estimate of drug-likeness (QED) is 0.527. The van der Waals surface area contributed by atoms with E-state index in [1.165, 1.54) is 12.1 Å². The van der Waals surface area contributed by atoms with E-state index in [9.17, 15) is 9.18 Å². The maximum absolute atomic E-state index is 13.5. The van der Waals surface area contributed by atoms with Crippen LogP contribution < -0.4 is 14.8 Å². The molecule has 1 fully saturated rings. The van der Waals surface area contributed by atoms with Crippen molar-refractivity contribution in [3.8, 4) is 11.5 Å². The molecule has 1 aliphatic rings. The molecule has 1 amide bonds. The largest absolute Gasteiger partial charge is 0.497 e. The van der Waals surface area contributed by atoms with E-state index in [-0.39, 0.29) is 23.7 Å². The Balaban J connectivity index is 1.46. The lowest BCUT2D eigenvalue weighted by Gasteiger charge is -2.23. The van der Waals surface area contributed by atoms with Crippen LogP contribution in [0.3, 0.4) is 0 Å². The third kappa shape index (κ3) is 5.69. The van der Waals surface area contributed by atoms with Crippen molar-refractivity contribution in [2.75, 3.05) is 20.8 Å². The van der Waals surface area contributed by atoms with Crippen LogP contribution in [0, 0.1) is 18.7 Å². The lowest BCUT2D eigenvalue weighted by atomic mass is 9.99. The highest BCUT2D eigenvalue weighted by atomic mass is 32.1. The third-order valence-corrected chi connectivity index (χ3v) is 6.76. The highest BCUT2D eigenvalue weighted by Gasteiger charge is 2.37. The number of nitrogens with zero attached hydrogens (tertiary/aromatic N) is 2. The summed E-state index contributed by atoms with van der Waals surface area (Å²) < 4.78 is 24.1. The highest BCUT2D eigenvalue weighted by Crippen LogP contribution is 2.37. The minimum absolute atomic E-state index is 0.000793. The van der Waals surface area contributed by atoms with Crippen LogP contribution in [0.5, 0.6) is 11.5 Å². The first-order chi connectivity index (χ1) is 15.9. The van der Waals surface area contributed by atoms with Crippen molar-refractivity contribution in [1.82, 2.24) is 15.2 Å². The number of rotatable bonds is 8. The van der Waals surface area contributed by atoms with E-state index in [1.807, 2.05) is 31.2 Å². The van der Waals surface area contributed by atoms with Crippen LogP contribution in [0.4, 0.5) is 4.39 Å². The highest BCUT2D eigenvalue weighted by molar-refractivity contribution is 7.09. The Morgan fingerprint density at radius 2 is 1.88 bits per heavy atom. The molecule has 0 spiro atoms. The molecule has 3 aromatic rings. The molecule has 2 heterocycles. The molecule has 2 atom stereocenters. The number of nitrogens with one attached hydrogen (secondary N) is 1. The second-order valence-corrected chi connectivity index (χ2v) is 9.29. The van der Waals surface area contributed by atoms with Crippen LogP contribution >= 0.6 is 11.3 Å². The number of ether oxygens (including phenoxy) is 2. The number of thiazole rings is 1. The predicted molar refractivity (Wildman–Crippen MR) is 126 cm³/mol. The van der Waals surface area contributed by atoms with Gasteiger partial charge in [-0.15, -0.1) is 11.3 Å². The van der Waals surface area contributed by atoms with Gasteiger partial charge < -0.3 is 14.8 Å². The molecule has 1 N–H and O–H groups in total. The van der Waals surface area contributed by atoms with E-state index in [0.717, 1.165) is 21.8 Å². The number of aryl methyl sites for hydroxylation is 1. The Morgan fingerprint density at radius 1 is 1.18 bits per heavy atom. The molecule has 0 radical (unpaired) electrons. The smallest absolute Gasteiger partial charge is 0.224 e. The van der Waals surface area contributed by atoms with Crippen molar-refractivity contribution >= 4 is 17.2 Å². The van der Waals surface area contributed by atoms with Gasteiger partial charge >= 0.3 is 0 Å². The summed E-state index contributed by atoms with van der Waals surface area (Å²) in [5, 5.41) is 6.14. The summed E-state index contributed by atoms with van der Waals surface area (Å²) in [6, 6.07) is 12.2. The number of likely N-dealkylation sites (tertiary alicyclic amines) is 1. The SMILES string of the molecule is COc1cc(CNC(=O)[C@@H]2C[C@H](c3ccc(F)cc3)N(Cc3csc(C)n3)C2)cc(OC)c1. The van der Waals surface area contributed by atoms with Gasteiger partial charge in [-0.2, -0.15) is 0 Å². The molecule has 174 valence electrons. The van der Waals surface area contributed by atoms with Gasteiger partial charge in [-0.3, -0.25) is 9.69 Å². The predicted octanol–water partition coefficient (Wildman–Crippen LogP) is 4.49. The molecule has 1 aromatic heterocycles. The summed E-state index contributed by atoms with van der Waals surface area (Å²) in [4.78, 5) is 19.9. The monoisotopic (exact) mass is 469 g/mol. The summed E-state index contributed by atoms with van der Waals surface area (Å²) in [6.07, 6.45) is 0.669. The Kier molecular flexibility index (Phi) is 7.25. The first kappa shape index (κ1) is 23.2. The van der Waals surface area contributed by atoms with E-state index in [2.05, 4.69) is 20.6 Å². The van der Waals surface area contributed by atoms with Crippen molar-refractivity contribution < 1.29 is 18.7 Å². The summed E-state index contributed by atoms with van der Waals surface area (Å²) in [5.74, 6) is 0.927. The topological polar surface area (TPSA) is 63.7 Å². The average molecular weight is 470 g/mol. The first-order valence-electron chi connectivity index (χ1n) is 10.9. The van der Waals surface area contributed by atoms with Gasteiger partial charge in [-0.1, -0.05) is 12.1 Å². The van der Waals surface area contributed by atoms with Gasteiger partial charge in [0, 0.05) is 37.1 Å². The average Bonchev–Trinajstić information content (AvgIpc) is 3.44. The summed E-state index contributed by atoms with van der Waals surface area (Å²) in [7, 11) is 3.20. The molecule has 0 unspecified atom stereocenters. The maximum Gasteiger partial charge on any atom is 0.224 e. The standard InChI is InChI=1S/C25H28FN3O3S/c1-16-28-21(15-33-16)14-29-13-19(10-24(29)18-4-6-20(26)7-5-18)25(30)27-12-17-8-22(31-2)11-23(9-17)32-3/h4-9,11,15,19,24H,10,12-14H2,1-3H3,(H,27,30)/t19-,24-/m1/s1. The summed E-state index contributed by atoms with van der Waals surface area (Å²) >= 11 is 1.62. The van der Waals surface area contributed by atoms with Crippen molar-refractivity contribution in [2.45, 2.75) is 32.5 Å². The maximum atomic E-state index is 13.5. The second-order valence-electron chi connectivity index (χ2n) is 8.23. The van der Waals surface area contributed by atoms with E-state index in [1.54, 1.807) is 31.6 Å². The fraction of sp³-hybridized carbons (Fsp3) is 0.360. The molecule has 0 bridgehead atoms.